The first-order chi connectivity index (χ1) is 17.3. The third-order valence-electron chi connectivity index (χ3n) is 6.02. The van der Waals surface area contributed by atoms with Crippen LogP contribution in [-0.2, 0) is 19.0 Å². The summed E-state index contributed by atoms with van der Waals surface area (Å²) in [5.74, 6) is -3.34. The van der Waals surface area contributed by atoms with E-state index < -0.39 is 29.1 Å². The average molecular weight is 503 g/mol. The monoisotopic (exact) mass is 502 g/mol. The molecule has 0 atom stereocenters. The van der Waals surface area contributed by atoms with Crippen molar-refractivity contribution in [2.24, 2.45) is 0 Å². The fraction of sp³-hybridized carbons (Fsp3) is 0.400. The van der Waals surface area contributed by atoms with Gasteiger partial charge in [0.15, 0.2) is 11.6 Å². The molecule has 0 aromatic heterocycles. The largest absolute Gasteiger partial charge is 0.454 e. The number of halogens is 4. The molecule has 3 aromatic rings. The van der Waals surface area contributed by atoms with Gasteiger partial charge in [0.2, 0.25) is 0 Å². The van der Waals surface area contributed by atoms with Gasteiger partial charge in [0, 0.05) is 0 Å². The van der Waals surface area contributed by atoms with Crippen LogP contribution in [0.15, 0.2) is 60.7 Å². The Bertz CT molecular complexity index is 1080. The quantitative estimate of drug-likeness (QED) is 0.161. The molecule has 2 nitrogen and oxygen atoms in total. The van der Waals surface area contributed by atoms with Crippen molar-refractivity contribution in [3.05, 3.63) is 89.0 Å². The summed E-state index contributed by atoms with van der Waals surface area (Å²) in [7, 11) is 0. The van der Waals surface area contributed by atoms with Gasteiger partial charge in [-0.2, -0.15) is 8.78 Å². The van der Waals surface area contributed by atoms with Crippen LogP contribution in [0.1, 0.15) is 75.5 Å². The summed E-state index contributed by atoms with van der Waals surface area (Å²) in [6, 6.07) is 14.8. The number of hydrogen-bond acceptors (Lipinski definition) is 2. The lowest BCUT2D eigenvalue weighted by Gasteiger charge is -2.20. The molecule has 0 amide bonds. The van der Waals surface area contributed by atoms with E-state index in [1.807, 2.05) is 19.1 Å². The zero-order valence-electron chi connectivity index (χ0n) is 21.0. The number of aryl methyl sites for hydroxylation is 2. The average Bonchev–Trinajstić information content (AvgIpc) is 2.85. The molecule has 3 aromatic carbocycles. The van der Waals surface area contributed by atoms with Crippen molar-refractivity contribution in [2.75, 3.05) is 0 Å². The Kier molecular flexibility index (Phi) is 10.2. The maximum absolute atomic E-state index is 15.0. The molecule has 194 valence electrons. The van der Waals surface area contributed by atoms with Gasteiger partial charge in [-0.25, -0.2) is 8.78 Å². The molecular weight excluding hydrogens is 468 g/mol. The Balaban J connectivity index is 1.67. The van der Waals surface area contributed by atoms with Gasteiger partial charge in [-0.05, 0) is 66.8 Å². The van der Waals surface area contributed by atoms with Crippen LogP contribution in [0.3, 0.4) is 0 Å². The minimum atomic E-state index is -4.24. The van der Waals surface area contributed by atoms with E-state index in [0.717, 1.165) is 55.4 Å². The highest BCUT2D eigenvalue weighted by Crippen LogP contribution is 2.39. The predicted molar refractivity (Wildman–Crippen MR) is 135 cm³/mol. The topological polar surface area (TPSA) is 18.5 Å². The lowest BCUT2D eigenvalue weighted by Crippen LogP contribution is -2.25. The van der Waals surface area contributed by atoms with Crippen LogP contribution in [0.25, 0.3) is 0 Å². The molecule has 0 N–H and O–H groups in total. The standard InChI is InChI=1S/C30H34F4O2/c1-3-5-6-7-8-9-11-23-14-18-25(19-15-23)36-30(33,34)28-26(31)20-21-27(29(28)32)35-24-16-12-22(10-4-2)13-17-24/h12-21H,3-11H2,1-2H3. The fourth-order valence-corrected chi connectivity index (χ4v) is 4.05. The first kappa shape index (κ1) is 27.6. The molecular formula is C30H34F4O2. The molecule has 0 aliphatic heterocycles. The molecule has 0 heterocycles. The van der Waals surface area contributed by atoms with E-state index >= 15 is 4.39 Å². The second-order valence-corrected chi connectivity index (χ2v) is 9.01. The van der Waals surface area contributed by atoms with Crippen LogP contribution < -0.4 is 9.47 Å². The van der Waals surface area contributed by atoms with Gasteiger partial charge in [0.25, 0.3) is 0 Å². The van der Waals surface area contributed by atoms with E-state index in [9.17, 15) is 13.2 Å². The Morgan fingerprint density at radius 2 is 1.22 bits per heavy atom. The van der Waals surface area contributed by atoms with Crippen molar-refractivity contribution in [2.45, 2.75) is 77.7 Å². The van der Waals surface area contributed by atoms with Crippen LogP contribution in [0.4, 0.5) is 17.6 Å². The minimum absolute atomic E-state index is 0.177. The summed E-state index contributed by atoms with van der Waals surface area (Å²) in [5, 5.41) is 0. The molecule has 0 aliphatic rings. The Morgan fingerprint density at radius 3 is 1.86 bits per heavy atom. The molecule has 36 heavy (non-hydrogen) atoms. The summed E-state index contributed by atoms with van der Waals surface area (Å²) in [5.41, 5.74) is 0.584. The third kappa shape index (κ3) is 7.74. The molecule has 0 saturated carbocycles. The van der Waals surface area contributed by atoms with Gasteiger partial charge >= 0.3 is 6.11 Å². The summed E-state index contributed by atoms with van der Waals surface area (Å²) in [6.45, 7) is 4.22. The summed E-state index contributed by atoms with van der Waals surface area (Å²) in [6.07, 6.45) is 5.43. The molecule has 3 rings (SSSR count). The normalized spacial score (nSPS) is 11.5. The van der Waals surface area contributed by atoms with Gasteiger partial charge in [0.1, 0.15) is 22.9 Å². The zero-order valence-corrected chi connectivity index (χ0v) is 21.0. The molecule has 0 bridgehead atoms. The maximum atomic E-state index is 15.0. The van der Waals surface area contributed by atoms with Crippen molar-refractivity contribution in [3.63, 3.8) is 0 Å². The van der Waals surface area contributed by atoms with E-state index in [0.29, 0.717) is 0 Å². The molecule has 0 aliphatic carbocycles. The fourth-order valence-electron chi connectivity index (χ4n) is 4.05. The molecule has 0 spiro atoms. The van der Waals surface area contributed by atoms with E-state index in [2.05, 4.69) is 6.92 Å². The number of hydrogen-bond donors (Lipinski definition) is 0. The zero-order chi connectivity index (χ0) is 26.0. The van der Waals surface area contributed by atoms with E-state index in [4.69, 9.17) is 9.47 Å². The highest BCUT2D eigenvalue weighted by atomic mass is 19.3. The minimum Gasteiger partial charge on any atom is -0.454 e. The number of benzene rings is 3. The maximum Gasteiger partial charge on any atom is 0.432 e. The lowest BCUT2D eigenvalue weighted by atomic mass is 10.0. The van der Waals surface area contributed by atoms with Gasteiger partial charge in [-0.15, -0.1) is 0 Å². The van der Waals surface area contributed by atoms with Crippen molar-refractivity contribution in [1.29, 1.82) is 0 Å². The molecule has 0 fully saturated rings. The smallest absolute Gasteiger partial charge is 0.432 e. The van der Waals surface area contributed by atoms with Crippen LogP contribution in [0.5, 0.6) is 17.2 Å². The Hall–Kier alpha value is -3.02. The summed E-state index contributed by atoms with van der Waals surface area (Å²) >= 11 is 0. The Labute approximate surface area is 211 Å². The first-order valence-corrected chi connectivity index (χ1v) is 12.7. The van der Waals surface area contributed by atoms with E-state index in [1.54, 1.807) is 24.3 Å². The highest BCUT2D eigenvalue weighted by molar-refractivity contribution is 5.39. The number of ether oxygens (including phenoxy) is 2. The number of rotatable bonds is 14. The lowest BCUT2D eigenvalue weighted by molar-refractivity contribution is -0.189. The number of alkyl halides is 2. The molecule has 0 unspecified atom stereocenters. The van der Waals surface area contributed by atoms with Crippen molar-refractivity contribution in [1.82, 2.24) is 0 Å². The van der Waals surface area contributed by atoms with Gasteiger partial charge < -0.3 is 9.47 Å². The summed E-state index contributed by atoms with van der Waals surface area (Å²) in [4.78, 5) is 0. The van der Waals surface area contributed by atoms with Crippen molar-refractivity contribution < 1.29 is 27.0 Å². The molecule has 6 heteroatoms. The SMILES string of the molecule is CCCCCCCCc1ccc(OC(F)(F)c2c(F)ccc(Oc3ccc(CCC)cc3)c2F)cc1. The first-order valence-electron chi connectivity index (χ1n) is 12.7. The molecule has 0 radical (unpaired) electrons. The van der Waals surface area contributed by atoms with Gasteiger partial charge in [-0.3, -0.25) is 0 Å². The van der Waals surface area contributed by atoms with Crippen molar-refractivity contribution in [3.8, 4) is 17.2 Å². The highest BCUT2D eigenvalue weighted by Gasteiger charge is 2.42. The second-order valence-electron chi connectivity index (χ2n) is 9.01. The van der Waals surface area contributed by atoms with E-state index in [1.165, 1.54) is 37.8 Å². The predicted octanol–water partition coefficient (Wildman–Crippen LogP) is 9.74. The Morgan fingerprint density at radius 1 is 0.639 bits per heavy atom. The van der Waals surface area contributed by atoms with Crippen LogP contribution in [0.2, 0.25) is 0 Å². The third-order valence-corrected chi connectivity index (χ3v) is 6.02. The molecule has 0 saturated heterocycles. The van der Waals surface area contributed by atoms with Gasteiger partial charge in [-0.1, -0.05) is 76.6 Å². The second kappa shape index (κ2) is 13.3. The summed E-state index contributed by atoms with van der Waals surface area (Å²) < 4.78 is 69.4. The van der Waals surface area contributed by atoms with Crippen LogP contribution in [-0.4, -0.2) is 0 Å². The number of unbranched alkanes of at least 4 members (excludes halogenated alkanes) is 5. The van der Waals surface area contributed by atoms with E-state index in [-0.39, 0.29) is 11.5 Å². The van der Waals surface area contributed by atoms with Crippen LogP contribution >= 0.6 is 0 Å². The van der Waals surface area contributed by atoms with Crippen LogP contribution in [0, 0.1) is 11.6 Å². The van der Waals surface area contributed by atoms with Gasteiger partial charge in [0.05, 0.1) is 0 Å². The van der Waals surface area contributed by atoms with Crippen molar-refractivity contribution >= 4 is 0 Å².